The zero-order chi connectivity index (χ0) is 20.1. The normalized spacial score (nSPS) is 17.2. The number of urea groups is 1. The summed E-state index contributed by atoms with van der Waals surface area (Å²) in [6.45, 7) is 2.17. The zero-order valence-electron chi connectivity index (χ0n) is 17.0. The van der Waals surface area contributed by atoms with Gasteiger partial charge in [-0.05, 0) is 43.3 Å². The Balaban J connectivity index is 0.00000300. The first-order chi connectivity index (χ1) is 13.4. The number of carbonyl (C=O) groups is 1. The third-order valence-electron chi connectivity index (χ3n) is 5.25. The molecule has 0 spiro atoms. The molecule has 3 rings (SSSR count). The fraction of sp³-hybridized carbons (Fsp3) is 0.476. The molecular formula is C21H30ClN3O3S. The number of carbonyl (C=O) groups excluding carboxylic acids is 1. The summed E-state index contributed by atoms with van der Waals surface area (Å²) in [6, 6.07) is 13.4. The van der Waals surface area contributed by atoms with Crippen LogP contribution in [-0.4, -0.2) is 69.8 Å². The molecular weight excluding hydrogens is 410 g/mol. The smallest absolute Gasteiger partial charge is 0.317 e. The Morgan fingerprint density at radius 2 is 1.90 bits per heavy atom. The monoisotopic (exact) mass is 439 g/mol. The lowest BCUT2D eigenvalue weighted by atomic mass is 10.1. The van der Waals surface area contributed by atoms with Crippen LogP contribution in [0.15, 0.2) is 42.5 Å². The average molecular weight is 440 g/mol. The largest absolute Gasteiger partial charge is 0.337 e. The molecule has 29 heavy (non-hydrogen) atoms. The van der Waals surface area contributed by atoms with Gasteiger partial charge in [0.15, 0.2) is 9.84 Å². The van der Waals surface area contributed by atoms with Crippen LogP contribution in [0.25, 0.3) is 10.8 Å². The van der Waals surface area contributed by atoms with Crippen molar-refractivity contribution in [2.45, 2.75) is 23.8 Å². The maximum absolute atomic E-state index is 13.1. The van der Waals surface area contributed by atoms with Crippen molar-refractivity contribution in [1.82, 2.24) is 15.1 Å². The Kier molecular flexibility index (Phi) is 8.31. The lowest BCUT2D eigenvalue weighted by molar-refractivity contribution is 0.186. The number of benzene rings is 2. The van der Waals surface area contributed by atoms with E-state index in [4.69, 9.17) is 0 Å². The van der Waals surface area contributed by atoms with Crippen molar-refractivity contribution in [2.75, 3.05) is 40.3 Å². The molecule has 8 heteroatoms. The number of nitrogens with one attached hydrogen (secondary N) is 1. The summed E-state index contributed by atoms with van der Waals surface area (Å²) >= 11 is 0. The van der Waals surface area contributed by atoms with Gasteiger partial charge in [-0.1, -0.05) is 42.5 Å². The van der Waals surface area contributed by atoms with E-state index in [-0.39, 0.29) is 30.7 Å². The number of nitrogens with zero attached hydrogens (tertiary/aromatic N) is 2. The van der Waals surface area contributed by atoms with Crippen molar-refractivity contribution in [1.29, 1.82) is 0 Å². The number of fused-ring (bicyclic) bond motifs is 1. The molecule has 0 saturated carbocycles. The maximum Gasteiger partial charge on any atom is 0.317 e. The molecule has 2 aromatic rings. The van der Waals surface area contributed by atoms with E-state index in [1.807, 2.05) is 61.5 Å². The van der Waals surface area contributed by atoms with Gasteiger partial charge in [0, 0.05) is 26.2 Å². The second kappa shape index (κ2) is 10.3. The lowest BCUT2D eigenvalue weighted by Crippen LogP contribution is -2.50. The number of sulfone groups is 1. The molecule has 6 nitrogen and oxygen atoms in total. The quantitative estimate of drug-likeness (QED) is 0.751. The third kappa shape index (κ3) is 6.07. The molecule has 2 amide bonds. The first-order valence-electron chi connectivity index (χ1n) is 9.72. The van der Waals surface area contributed by atoms with Crippen LogP contribution in [0.1, 0.15) is 18.4 Å². The molecule has 0 aromatic heterocycles. The van der Waals surface area contributed by atoms with Crippen molar-refractivity contribution < 1.29 is 13.2 Å². The van der Waals surface area contributed by atoms with Crippen LogP contribution in [-0.2, 0) is 15.6 Å². The van der Waals surface area contributed by atoms with Crippen LogP contribution < -0.4 is 5.32 Å². The first-order valence-corrected chi connectivity index (χ1v) is 11.4. The van der Waals surface area contributed by atoms with E-state index >= 15 is 0 Å². The fourth-order valence-corrected chi connectivity index (χ4v) is 5.52. The molecule has 1 fully saturated rings. The number of likely N-dealkylation sites (N-methyl/N-ethyl adjacent to an activating group) is 1. The van der Waals surface area contributed by atoms with Crippen LogP contribution >= 0.6 is 12.4 Å². The van der Waals surface area contributed by atoms with Gasteiger partial charge in [0.1, 0.15) is 0 Å². The molecule has 1 unspecified atom stereocenters. The highest BCUT2D eigenvalue weighted by Gasteiger charge is 2.32. The van der Waals surface area contributed by atoms with Gasteiger partial charge >= 0.3 is 6.03 Å². The molecule has 1 saturated heterocycles. The molecule has 0 bridgehead atoms. The molecule has 1 heterocycles. The second-order valence-corrected chi connectivity index (χ2v) is 9.97. The number of halogens is 1. The number of hydrogen-bond donors (Lipinski definition) is 1. The maximum atomic E-state index is 13.1. The van der Waals surface area contributed by atoms with Gasteiger partial charge in [-0.25, -0.2) is 13.2 Å². The van der Waals surface area contributed by atoms with E-state index in [1.165, 1.54) is 0 Å². The van der Waals surface area contributed by atoms with E-state index in [2.05, 4.69) is 5.32 Å². The highest BCUT2D eigenvalue weighted by Crippen LogP contribution is 2.25. The van der Waals surface area contributed by atoms with Gasteiger partial charge in [0.25, 0.3) is 0 Å². The Morgan fingerprint density at radius 3 is 2.66 bits per heavy atom. The molecule has 1 N–H and O–H groups in total. The number of piperidine rings is 1. The van der Waals surface area contributed by atoms with Crippen molar-refractivity contribution in [3.8, 4) is 0 Å². The van der Waals surface area contributed by atoms with E-state index in [9.17, 15) is 13.2 Å². The minimum Gasteiger partial charge on any atom is -0.337 e. The highest BCUT2D eigenvalue weighted by atomic mass is 35.5. The van der Waals surface area contributed by atoms with Gasteiger partial charge in [-0.15, -0.1) is 12.4 Å². The number of likely N-dealkylation sites (tertiary alicyclic amines) is 1. The summed E-state index contributed by atoms with van der Waals surface area (Å²) in [5, 5.41) is 4.38. The Hall–Kier alpha value is -1.83. The predicted molar refractivity (Wildman–Crippen MR) is 120 cm³/mol. The molecule has 1 atom stereocenters. The standard InChI is InChI=1S/C21H29N3O3S.ClH/c1-23(2)14-12-22-21(25)24-13-6-10-19(15-24)28(26,27)16-18-9-5-8-17-7-3-4-11-20(17)18;/h3-5,7-9,11,19H,6,10,12-16H2,1-2H3,(H,22,25);1H. The third-order valence-corrected chi connectivity index (χ3v) is 7.36. The summed E-state index contributed by atoms with van der Waals surface area (Å²) in [7, 11) is 0.537. The van der Waals surface area contributed by atoms with E-state index in [1.54, 1.807) is 4.90 Å². The summed E-state index contributed by atoms with van der Waals surface area (Å²) in [4.78, 5) is 16.0. The Labute approximate surface area is 179 Å². The average Bonchev–Trinajstić information content (AvgIpc) is 2.68. The van der Waals surface area contributed by atoms with E-state index in [0.717, 1.165) is 22.9 Å². The van der Waals surface area contributed by atoms with Crippen LogP contribution in [0.4, 0.5) is 4.79 Å². The van der Waals surface area contributed by atoms with Crippen LogP contribution in [0.3, 0.4) is 0 Å². The minimum atomic E-state index is -3.36. The second-order valence-electron chi connectivity index (χ2n) is 7.69. The summed E-state index contributed by atoms with van der Waals surface area (Å²) in [5.41, 5.74) is 0.825. The van der Waals surface area contributed by atoms with Gasteiger partial charge < -0.3 is 15.1 Å². The summed E-state index contributed by atoms with van der Waals surface area (Å²) in [6.07, 6.45) is 1.31. The number of hydrogen-bond acceptors (Lipinski definition) is 4. The zero-order valence-corrected chi connectivity index (χ0v) is 18.6. The molecule has 0 radical (unpaired) electrons. The topological polar surface area (TPSA) is 69.7 Å². The molecule has 1 aliphatic heterocycles. The van der Waals surface area contributed by atoms with Gasteiger partial charge in [0.2, 0.25) is 0 Å². The van der Waals surface area contributed by atoms with E-state index < -0.39 is 15.1 Å². The number of rotatable bonds is 6. The van der Waals surface area contributed by atoms with Gasteiger partial charge in [-0.2, -0.15) is 0 Å². The van der Waals surface area contributed by atoms with Gasteiger partial charge in [0.05, 0.1) is 11.0 Å². The Morgan fingerprint density at radius 1 is 1.17 bits per heavy atom. The van der Waals surface area contributed by atoms with Crippen molar-refractivity contribution in [2.24, 2.45) is 0 Å². The molecule has 0 aliphatic carbocycles. The minimum absolute atomic E-state index is 0. The van der Waals surface area contributed by atoms with Crippen molar-refractivity contribution in [3.63, 3.8) is 0 Å². The summed E-state index contributed by atoms with van der Waals surface area (Å²) < 4.78 is 26.2. The summed E-state index contributed by atoms with van der Waals surface area (Å²) in [5.74, 6) is 0.00904. The predicted octanol–water partition coefficient (Wildman–Crippen LogP) is 2.91. The first kappa shape index (κ1) is 23.4. The molecule has 1 aliphatic rings. The van der Waals surface area contributed by atoms with Crippen molar-refractivity contribution in [3.05, 3.63) is 48.0 Å². The fourth-order valence-electron chi connectivity index (χ4n) is 3.67. The Bertz CT molecular complexity index is 928. The molecule has 160 valence electrons. The van der Waals surface area contributed by atoms with Crippen LogP contribution in [0, 0.1) is 0 Å². The van der Waals surface area contributed by atoms with Crippen molar-refractivity contribution >= 4 is 39.0 Å². The van der Waals surface area contributed by atoms with Gasteiger partial charge in [-0.3, -0.25) is 0 Å². The van der Waals surface area contributed by atoms with Crippen LogP contribution in [0.5, 0.6) is 0 Å². The highest BCUT2D eigenvalue weighted by molar-refractivity contribution is 7.91. The van der Waals surface area contributed by atoms with E-state index in [0.29, 0.717) is 25.9 Å². The SMILES string of the molecule is CN(C)CCNC(=O)N1CCCC(S(=O)(=O)Cc2cccc3ccccc23)C1.Cl. The molecule has 2 aromatic carbocycles. The van der Waals surface area contributed by atoms with Crippen LogP contribution in [0.2, 0.25) is 0 Å². The lowest BCUT2D eigenvalue weighted by Gasteiger charge is -2.32. The number of amides is 2.